The minimum atomic E-state index is -0.302. The molecule has 1 amide bonds. The Kier molecular flexibility index (Phi) is 4.76. The first-order valence-corrected chi connectivity index (χ1v) is 8.90. The van der Waals surface area contributed by atoms with E-state index in [0.717, 1.165) is 12.8 Å². The monoisotopic (exact) mass is 343 g/mol. The Morgan fingerprint density at radius 3 is 2.54 bits per heavy atom. The van der Waals surface area contributed by atoms with Crippen molar-refractivity contribution in [2.24, 2.45) is 0 Å². The minimum Gasteiger partial charge on any atom is -0.341 e. The number of fused-ring (bicyclic) bond motifs is 1. The molecule has 1 aromatic heterocycles. The van der Waals surface area contributed by atoms with Crippen LogP contribution in [0, 0.1) is 6.92 Å². The molecule has 126 valence electrons. The molecule has 0 unspecified atom stereocenters. The number of rotatable bonds is 4. The van der Waals surface area contributed by atoms with Crippen molar-refractivity contribution in [2.75, 3.05) is 7.05 Å². The molecule has 1 N–H and O–H groups in total. The van der Waals surface area contributed by atoms with Crippen LogP contribution in [-0.2, 0) is 17.6 Å². The fourth-order valence-corrected chi connectivity index (χ4v) is 4.06. The van der Waals surface area contributed by atoms with Crippen LogP contribution in [0.15, 0.2) is 40.3 Å². The third-order valence-electron chi connectivity index (χ3n) is 4.41. The summed E-state index contributed by atoms with van der Waals surface area (Å²) in [5.41, 5.74) is 3.11. The van der Waals surface area contributed by atoms with Gasteiger partial charge in [-0.3, -0.25) is 9.59 Å². The van der Waals surface area contributed by atoms with E-state index in [1.807, 2.05) is 31.0 Å². The zero-order valence-electron chi connectivity index (χ0n) is 14.1. The summed E-state index contributed by atoms with van der Waals surface area (Å²) in [4.78, 5) is 33.1. The van der Waals surface area contributed by atoms with Crippen molar-refractivity contribution in [2.45, 2.75) is 43.1 Å². The van der Waals surface area contributed by atoms with Crippen LogP contribution in [0.25, 0.3) is 0 Å². The number of benzene rings is 1. The highest BCUT2D eigenvalue weighted by Crippen LogP contribution is 2.27. The van der Waals surface area contributed by atoms with Crippen molar-refractivity contribution in [1.82, 2.24) is 14.9 Å². The highest BCUT2D eigenvalue weighted by atomic mass is 32.2. The van der Waals surface area contributed by atoms with E-state index in [0.29, 0.717) is 10.9 Å². The first-order chi connectivity index (χ1) is 11.4. The maximum Gasteiger partial charge on any atom is 0.251 e. The summed E-state index contributed by atoms with van der Waals surface area (Å²) >= 11 is 1.29. The quantitative estimate of drug-likeness (QED) is 0.683. The van der Waals surface area contributed by atoms with E-state index in [2.05, 4.69) is 22.1 Å². The molecular weight excluding hydrogens is 322 g/mol. The van der Waals surface area contributed by atoms with Gasteiger partial charge in [-0.25, -0.2) is 4.98 Å². The van der Waals surface area contributed by atoms with Gasteiger partial charge in [0, 0.05) is 24.8 Å². The van der Waals surface area contributed by atoms with E-state index in [1.165, 1.54) is 29.0 Å². The van der Waals surface area contributed by atoms with E-state index in [4.69, 9.17) is 0 Å². The Balaban J connectivity index is 1.66. The Labute approximate surface area is 145 Å². The number of H-pyrrole nitrogens is 1. The van der Waals surface area contributed by atoms with Gasteiger partial charge in [-0.15, -0.1) is 0 Å². The first kappa shape index (κ1) is 16.8. The molecule has 0 saturated heterocycles. The van der Waals surface area contributed by atoms with E-state index >= 15 is 0 Å². The molecule has 0 fully saturated rings. The van der Waals surface area contributed by atoms with Crippen molar-refractivity contribution >= 4 is 17.7 Å². The van der Waals surface area contributed by atoms with Gasteiger partial charge in [0.2, 0.25) is 5.91 Å². The molecule has 2 aromatic rings. The van der Waals surface area contributed by atoms with E-state index in [9.17, 15) is 9.59 Å². The average molecular weight is 343 g/mol. The van der Waals surface area contributed by atoms with Crippen molar-refractivity contribution in [1.29, 1.82) is 0 Å². The van der Waals surface area contributed by atoms with Crippen LogP contribution in [-0.4, -0.2) is 39.1 Å². The van der Waals surface area contributed by atoms with Crippen molar-refractivity contribution in [3.63, 3.8) is 0 Å². The Morgan fingerprint density at radius 1 is 1.33 bits per heavy atom. The Morgan fingerprint density at radius 2 is 1.96 bits per heavy atom. The van der Waals surface area contributed by atoms with Gasteiger partial charge < -0.3 is 9.88 Å². The molecule has 24 heavy (non-hydrogen) atoms. The molecule has 6 heteroatoms. The van der Waals surface area contributed by atoms with Gasteiger partial charge in [0.25, 0.3) is 5.56 Å². The molecule has 0 saturated carbocycles. The van der Waals surface area contributed by atoms with Crippen LogP contribution in [0.3, 0.4) is 0 Å². The molecule has 0 spiro atoms. The van der Waals surface area contributed by atoms with E-state index in [1.54, 1.807) is 6.92 Å². The second-order valence-corrected chi connectivity index (χ2v) is 7.56. The third kappa shape index (κ3) is 3.53. The number of aromatic amines is 1. The number of nitrogens with one attached hydrogen (secondary N) is 1. The second-order valence-electron chi connectivity index (χ2n) is 6.23. The lowest BCUT2D eigenvalue weighted by atomic mass is 10.1. The van der Waals surface area contributed by atoms with Gasteiger partial charge in [0.1, 0.15) is 0 Å². The Bertz CT molecular complexity index is 793. The lowest BCUT2D eigenvalue weighted by molar-refractivity contribution is -0.130. The molecule has 1 aromatic carbocycles. The summed E-state index contributed by atoms with van der Waals surface area (Å²) in [6.07, 6.45) is 1.80. The number of hydrogen-bond donors (Lipinski definition) is 1. The smallest absolute Gasteiger partial charge is 0.251 e. The standard InChI is InChI=1S/C18H21N3O2S/c1-11-8-16(22)20-18(19-11)24-12(2)17(23)21(3)15-9-13-6-4-5-7-14(13)10-15/h4-8,12,15H,9-10H2,1-3H3,(H,19,20,22)/t12-/m1/s1. The maximum atomic E-state index is 12.7. The highest BCUT2D eigenvalue weighted by molar-refractivity contribution is 8.00. The molecule has 1 aliphatic carbocycles. The summed E-state index contributed by atoms with van der Waals surface area (Å²) in [6, 6.07) is 9.99. The van der Waals surface area contributed by atoms with Gasteiger partial charge >= 0.3 is 0 Å². The molecule has 1 aliphatic rings. The maximum absolute atomic E-state index is 12.7. The summed E-state index contributed by atoms with van der Waals surface area (Å²) < 4.78 is 0. The molecule has 0 aliphatic heterocycles. The number of nitrogens with zero attached hydrogens (tertiary/aromatic N) is 2. The second kappa shape index (κ2) is 6.81. The SMILES string of the molecule is Cc1cc(=O)[nH]c(S[C@H](C)C(=O)N(C)C2Cc3ccccc3C2)n1. The topological polar surface area (TPSA) is 66.1 Å². The Hall–Kier alpha value is -2.08. The van der Waals surface area contributed by atoms with Crippen LogP contribution in [0.1, 0.15) is 23.7 Å². The summed E-state index contributed by atoms with van der Waals surface area (Å²) in [6.45, 7) is 3.63. The zero-order valence-corrected chi connectivity index (χ0v) is 14.9. The molecule has 0 bridgehead atoms. The molecule has 3 rings (SSSR count). The molecule has 5 nitrogen and oxygen atoms in total. The van der Waals surface area contributed by atoms with Crippen molar-refractivity contribution < 1.29 is 4.79 Å². The molecule has 1 atom stereocenters. The molecule has 0 radical (unpaired) electrons. The van der Waals surface area contributed by atoms with Crippen LogP contribution in [0.2, 0.25) is 0 Å². The summed E-state index contributed by atoms with van der Waals surface area (Å²) in [5.74, 6) is 0.0574. The van der Waals surface area contributed by atoms with Gasteiger partial charge in [-0.05, 0) is 37.8 Å². The predicted octanol–water partition coefficient (Wildman–Crippen LogP) is 2.18. The zero-order chi connectivity index (χ0) is 17.3. The predicted molar refractivity (Wildman–Crippen MR) is 95.3 cm³/mol. The fraction of sp³-hybridized carbons (Fsp3) is 0.389. The molecular formula is C18H21N3O2S. The van der Waals surface area contributed by atoms with Crippen LogP contribution in [0.4, 0.5) is 0 Å². The fourth-order valence-electron chi connectivity index (χ4n) is 3.10. The van der Waals surface area contributed by atoms with Gasteiger partial charge in [0.15, 0.2) is 5.16 Å². The number of likely N-dealkylation sites (N-methyl/N-ethyl adjacent to an activating group) is 1. The van der Waals surface area contributed by atoms with Crippen molar-refractivity contribution in [3.8, 4) is 0 Å². The highest BCUT2D eigenvalue weighted by Gasteiger charge is 2.30. The lowest BCUT2D eigenvalue weighted by Crippen LogP contribution is -2.41. The van der Waals surface area contributed by atoms with Gasteiger partial charge in [0.05, 0.1) is 5.25 Å². The van der Waals surface area contributed by atoms with Crippen molar-refractivity contribution in [3.05, 3.63) is 57.5 Å². The van der Waals surface area contributed by atoms with E-state index < -0.39 is 0 Å². The number of aryl methyl sites for hydroxylation is 1. The van der Waals surface area contributed by atoms with Gasteiger partial charge in [-0.1, -0.05) is 36.0 Å². The van der Waals surface area contributed by atoms with Gasteiger partial charge in [-0.2, -0.15) is 0 Å². The number of aromatic nitrogens is 2. The summed E-state index contributed by atoms with van der Waals surface area (Å²) in [7, 11) is 1.86. The number of carbonyl (C=O) groups is 1. The largest absolute Gasteiger partial charge is 0.341 e. The van der Waals surface area contributed by atoms with Crippen LogP contribution in [0.5, 0.6) is 0 Å². The first-order valence-electron chi connectivity index (χ1n) is 8.02. The number of amides is 1. The third-order valence-corrected chi connectivity index (χ3v) is 5.38. The normalized spacial score (nSPS) is 15.1. The number of thioether (sulfide) groups is 1. The van der Waals surface area contributed by atoms with Crippen LogP contribution < -0.4 is 5.56 Å². The number of carbonyl (C=O) groups excluding carboxylic acids is 1. The number of hydrogen-bond acceptors (Lipinski definition) is 4. The lowest BCUT2D eigenvalue weighted by Gasteiger charge is -2.27. The minimum absolute atomic E-state index is 0.0574. The van der Waals surface area contributed by atoms with Crippen LogP contribution >= 0.6 is 11.8 Å². The molecule has 1 heterocycles. The summed E-state index contributed by atoms with van der Waals surface area (Å²) in [5, 5.41) is 0.188. The average Bonchev–Trinajstić information content (AvgIpc) is 2.96. The van der Waals surface area contributed by atoms with E-state index in [-0.39, 0.29) is 22.8 Å².